The molecule has 2 fully saturated rings. The van der Waals surface area contributed by atoms with Crippen molar-refractivity contribution in [1.29, 1.82) is 0 Å². The first-order chi connectivity index (χ1) is 6.90. The van der Waals surface area contributed by atoms with Crippen LogP contribution in [0.4, 0.5) is 0 Å². The fourth-order valence-electron chi connectivity index (χ4n) is 2.28. The van der Waals surface area contributed by atoms with Crippen molar-refractivity contribution in [1.82, 2.24) is 5.32 Å². The maximum Gasteiger partial charge on any atom is 0.0291 e. The van der Waals surface area contributed by atoms with Crippen molar-refractivity contribution in [2.75, 3.05) is 24.3 Å². The van der Waals surface area contributed by atoms with Gasteiger partial charge in [-0.25, -0.2) is 0 Å². The van der Waals surface area contributed by atoms with Crippen LogP contribution < -0.4 is 5.32 Å². The quantitative estimate of drug-likeness (QED) is 0.799. The maximum atomic E-state index is 3.54. The third-order valence-electron chi connectivity index (χ3n) is 3.47. The fraction of sp³-hybridized carbons (Fsp3) is 1.00. The van der Waals surface area contributed by atoms with Crippen molar-refractivity contribution in [3.63, 3.8) is 0 Å². The highest BCUT2D eigenvalue weighted by molar-refractivity contribution is 8.06. The largest absolute Gasteiger partial charge is 0.316 e. The molecule has 2 unspecified atom stereocenters. The fourth-order valence-corrected chi connectivity index (χ4v) is 5.22. The van der Waals surface area contributed by atoms with Crippen molar-refractivity contribution in [2.45, 2.75) is 37.0 Å². The van der Waals surface area contributed by atoms with Crippen LogP contribution in [-0.4, -0.2) is 35.6 Å². The molecule has 82 valence electrons. The minimum Gasteiger partial charge on any atom is -0.316 e. The molecule has 0 spiro atoms. The summed E-state index contributed by atoms with van der Waals surface area (Å²) in [5.41, 5.74) is 0. The summed E-state index contributed by atoms with van der Waals surface area (Å²) in [6.45, 7) is 0. The minimum absolute atomic E-state index is 0.776. The van der Waals surface area contributed by atoms with Gasteiger partial charge in [0.1, 0.15) is 0 Å². The van der Waals surface area contributed by atoms with Crippen LogP contribution in [-0.2, 0) is 0 Å². The molecule has 2 aliphatic rings. The van der Waals surface area contributed by atoms with Gasteiger partial charge in [0.25, 0.3) is 0 Å². The Morgan fingerprint density at radius 3 is 2.71 bits per heavy atom. The molecule has 0 aromatic heterocycles. The second kappa shape index (κ2) is 5.66. The lowest BCUT2D eigenvalue weighted by Gasteiger charge is -2.35. The molecule has 0 aromatic carbocycles. The zero-order valence-electron chi connectivity index (χ0n) is 9.00. The first-order valence-corrected chi connectivity index (χ1v) is 7.97. The van der Waals surface area contributed by atoms with Gasteiger partial charge < -0.3 is 5.32 Å². The molecular weight excluding hydrogens is 210 g/mol. The molecule has 1 saturated heterocycles. The van der Waals surface area contributed by atoms with Crippen molar-refractivity contribution in [2.24, 2.45) is 5.92 Å². The average Bonchev–Trinajstić information content (AvgIpc) is 2.18. The zero-order valence-corrected chi connectivity index (χ0v) is 10.6. The summed E-state index contributed by atoms with van der Waals surface area (Å²) in [6.07, 6.45) is 5.88. The molecule has 0 amide bonds. The first-order valence-electron chi connectivity index (χ1n) is 5.76. The number of thioether (sulfide) groups is 2. The van der Waals surface area contributed by atoms with Crippen molar-refractivity contribution >= 4 is 23.5 Å². The Morgan fingerprint density at radius 2 is 2.21 bits per heavy atom. The summed E-state index contributed by atoms with van der Waals surface area (Å²) in [4.78, 5) is 0. The highest BCUT2D eigenvalue weighted by atomic mass is 32.2. The molecule has 2 rings (SSSR count). The van der Waals surface area contributed by atoms with Crippen molar-refractivity contribution in [3.8, 4) is 0 Å². The molecule has 0 aromatic rings. The van der Waals surface area contributed by atoms with Gasteiger partial charge >= 0.3 is 0 Å². The predicted molar refractivity (Wildman–Crippen MR) is 68.4 cm³/mol. The lowest BCUT2D eigenvalue weighted by molar-refractivity contribution is 0.264. The molecule has 0 bridgehead atoms. The van der Waals surface area contributed by atoms with Crippen LogP contribution in [0.1, 0.15) is 25.7 Å². The maximum absolute atomic E-state index is 3.54. The highest BCUT2D eigenvalue weighted by Crippen LogP contribution is 2.34. The third-order valence-corrected chi connectivity index (χ3v) is 6.39. The van der Waals surface area contributed by atoms with Crippen LogP contribution in [0.3, 0.4) is 0 Å². The van der Waals surface area contributed by atoms with Gasteiger partial charge in [-0.1, -0.05) is 19.3 Å². The van der Waals surface area contributed by atoms with E-state index in [0.717, 1.165) is 17.2 Å². The van der Waals surface area contributed by atoms with E-state index >= 15 is 0 Å². The average molecular weight is 231 g/mol. The summed E-state index contributed by atoms with van der Waals surface area (Å²) in [5, 5.41) is 4.41. The molecule has 1 saturated carbocycles. The molecule has 14 heavy (non-hydrogen) atoms. The molecule has 1 N–H and O–H groups in total. The molecule has 2 atom stereocenters. The van der Waals surface area contributed by atoms with Gasteiger partial charge in [-0.05, 0) is 19.4 Å². The Bertz CT molecular complexity index is 165. The van der Waals surface area contributed by atoms with Crippen LogP contribution in [0.2, 0.25) is 0 Å². The van der Waals surface area contributed by atoms with Crippen molar-refractivity contribution in [3.05, 3.63) is 0 Å². The summed E-state index contributed by atoms with van der Waals surface area (Å²) in [5.74, 6) is 5.13. The molecular formula is C11H21NS2. The van der Waals surface area contributed by atoms with Crippen LogP contribution in [0, 0.1) is 5.92 Å². The van der Waals surface area contributed by atoms with E-state index in [9.17, 15) is 0 Å². The van der Waals surface area contributed by atoms with E-state index in [-0.39, 0.29) is 0 Å². The van der Waals surface area contributed by atoms with E-state index in [1.165, 1.54) is 42.9 Å². The van der Waals surface area contributed by atoms with E-state index in [1.807, 2.05) is 0 Å². The standard InChI is InChI=1S/C11H21NS2/c1-12-10(7-9-3-2-4-9)11-8-13-5-6-14-11/h9-12H,2-8H2,1H3. The molecule has 1 aliphatic carbocycles. The van der Waals surface area contributed by atoms with Crippen LogP contribution in [0.15, 0.2) is 0 Å². The highest BCUT2D eigenvalue weighted by Gasteiger charge is 2.28. The van der Waals surface area contributed by atoms with Gasteiger partial charge in [0, 0.05) is 28.6 Å². The van der Waals surface area contributed by atoms with Gasteiger partial charge in [-0.15, -0.1) is 0 Å². The summed E-state index contributed by atoms with van der Waals surface area (Å²) < 4.78 is 0. The lowest BCUT2D eigenvalue weighted by Crippen LogP contribution is -2.41. The van der Waals surface area contributed by atoms with Crippen LogP contribution in [0.25, 0.3) is 0 Å². The second-order valence-corrected chi connectivity index (χ2v) is 6.91. The van der Waals surface area contributed by atoms with E-state index in [0.29, 0.717) is 0 Å². The second-order valence-electron chi connectivity index (χ2n) is 4.41. The third kappa shape index (κ3) is 2.83. The van der Waals surface area contributed by atoms with Crippen LogP contribution >= 0.6 is 23.5 Å². The summed E-state index contributed by atoms with van der Waals surface area (Å²) in [7, 11) is 2.14. The Morgan fingerprint density at radius 1 is 1.36 bits per heavy atom. The molecule has 1 nitrogen and oxygen atoms in total. The molecule has 0 radical (unpaired) electrons. The van der Waals surface area contributed by atoms with Crippen molar-refractivity contribution < 1.29 is 0 Å². The first kappa shape index (κ1) is 11.2. The Labute approximate surface area is 96.2 Å². The van der Waals surface area contributed by atoms with E-state index in [4.69, 9.17) is 0 Å². The molecule has 3 heteroatoms. The molecule has 1 aliphatic heterocycles. The normalized spacial score (nSPS) is 31.1. The van der Waals surface area contributed by atoms with Gasteiger partial charge in [0.15, 0.2) is 0 Å². The Balaban J connectivity index is 1.77. The number of hydrogen-bond donors (Lipinski definition) is 1. The number of nitrogens with one attached hydrogen (secondary N) is 1. The SMILES string of the molecule is CNC(CC1CCC1)C1CSCCS1. The van der Waals surface area contributed by atoms with E-state index < -0.39 is 0 Å². The lowest BCUT2D eigenvalue weighted by atomic mass is 9.80. The molecule has 1 heterocycles. The van der Waals surface area contributed by atoms with E-state index in [2.05, 4.69) is 35.9 Å². The van der Waals surface area contributed by atoms with Gasteiger partial charge in [-0.3, -0.25) is 0 Å². The van der Waals surface area contributed by atoms with Crippen LogP contribution in [0.5, 0.6) is 0 Å². The number of rotatable bonds is 4. The van der Waals surface area contributed by atoms with Gasteiger partial charge in [-0.2, -0.15) is 23.5 Å². The predicted octanol–water partition coefficient (Wildman–Crippen LogP) is 2.61. The Hall–Kier alpha value is 0.660. The number of hydrogen-bond acceptors (Lipinski definition) is 3. The van der Waals surface area contributed by atoms with E-state index in [1.54, 1.807) is 0 Å². The summed E-state index contributed by atoms with van der Waals surface area (Å²) in [6, 6.07) is 0.776. The Kier molecular flexibility index (Phi) is 4.51. The summed E-state index contributed by atoms with van der Waals surface area (Å²) >= 11 is 4.33. The van der Waals surface area contributed by atoms with Gasteiger partial charge in [0.05, 0.1) is 0 Å². The minimum atomic E-state index is 0.776. The van der Waals surface area contributed by atoms with Gasteiger partial charge in [0.2, 0.25) is 0 Å². The zero-order chi connectivity index (χ0) is 9.80. The monoisotopic (exact) mass is 231 g/mol. The topological polar surface area (TPSA) is 12.0 Å². The smallest absolute Gasteiger partial charge is 0.0291 e.